The number of hydrogen-bond acceptors (Lipinski definition) is 5. The minimum absolute atomic E-state index is 0.0566. The van der Waals surface area contributed by atoms with E-state index < -0.39 is 5.91 Å². The first-order valence-electron chi connectivity index (χ1n) is 7.31. The van der Waals surface area contributed by atoms with E-state index in [-0.39, 0.29) is 18.5 Å². The van der Waals surface area contributed by atoms with Crippen LogP contribution in [0.25, 0.3) is 11.3 Å². The number of carbonyl (C=O) groups is 2. The van der Waals surface area contributed by atoms with E-state index in [1.807, 2.05) is 6.92 Å². The Kier molecular flexibility index (Phi) is 5.08. The van der Waals surface area contributed by atoms with Gasteiger partial charge in [-0.25, -0.2) is 4.98 Å². The highest BCUT2D eigenvalue weighted by Crippen LogP contribution is 2.38. The Labute approximate surface area is 152 Å². The minimum atomic E-state index is -0.410. The normalized spacial score (nSPS) is 19.0. The van der Waals surface area contributed by atoms with Gasteiger partial charge in [0.15, 0.2) is 11.7 Å². The maximum absolute atomic E-state index is 11.8. The third kappa shape index (κ3) is 4.06. The lowest BCUT2D eigenvalue weighted by Gasteiger charge is -2.04. The molecule has 2 aromatic rings. The van der Waals surface area contributed by atoms with E-state index in [0.717, 1.165) is 12.0 Å². The zero-order chi connectivity index (χ0) is 17.3. The Balaban J connectivity index is 1.56. The fourth-order valence-electron chi connectivity index (χ4n) is 2.17. The summed E-state index contributed by atoms with van der Waals surface area (Å²) in [4.78, 5) is 27.7. The molecule has 1 N–H and O–H groups in total. The molecular formula is C16H14Cl2N2O3S. The number of esters is 1. The molecule has 1 saturated carbocycles. The van der Waals surface area contributed by atoms with Crippen LogP contribution in [0, 0.1) is 11.8 Å². The molecule has 0 aliphatic heterocycles. The monoisotopic (exact) mass is 384 g/mol. The van der Waals surface area contributed by atoms with E-state index >= 15 is 0 Å². The predicted molar refractivity (Wildman–Crippen MR) is 94.4 cm³/mol. The van der Waals surface area contributed by atoms with E-state index in [2.05, 4.69) is 10.3 Å². The summed E-state index contributed by atoms with van der Waals surface area (Å²) in [5.41, 5.74) is 1.48. The highest BCUT2D eigenvalue weighted by molar-refractivity contribution is 7.14. The first-order chi connectivity index (χ1) is 11.4. The van der Waals surface area contributed by atoms with Gasteiger partial charge < -0.3 is 4.74 Å². The van der Waals surface area contributed by atoms with Crippen LogP contribution in [0.3, 0.4) is 0 Å². The van der Waals surface area contributed by atoms with Crippen LogP contribution in [0.15, 0.2) is 23.6 Å². The summed E-state index contributed by atoms with van der Waals surface area (Å²) >= 11 is 13.2. The molecule has 5 nitrogen and oxygen atoms in total. The van der Waals surface area contributed by atoms with E-state index in [1.165, 1.54) is 11.3 Å². The molecule has 8 heteroatoms. The largest absolute Gasteiger partial charge is 0.455 e. The molecule has 0 bridgehead atoms. The van der Waals surface area contributed by atoms with Crippen molar-refractivity contribution in [2.75, 3.05) is 11.9 Å². The van der Waals surface area contributed by atoms with Gasteiger partial charge in [0.05, 0.1) is 21.7 Å². The molecule has 1 amide bonds. The lowest BCUT2D eigenvalue weighted by molar-refractivity contribution is -0.148. The molecule has 0 spiro atoms. The van der Waals surface area contributed by atoms with Crippen LogP contribution in [0.2, 0.25) is 10.0 Å². The third-order valence-corrected chi connectivity index (χ3v) is 5.22. The number of nitrogens with one attached hydrogen (secondary N) is 1. The molecule has 1 aliphatic carbocycles. The summed E-state index contributed by atoms with van der Waals surface area (Å²) in [7, 11) is 0. The molecule has 1 aromatic carbocycles. The summed E-state index contributed by atoms with van der Waals surface area (Å²) in [6.45, 7) is 1.68. The zero-order valence-electron chi connectivity index (χ0n) is 12.7. The number of amides is 1. The SMILES string of the molecule is C[C@H]1C[C@@H]1C(=O)OCC(=O)Nc1nc(-c2ccc(Cl)c(Cl)c2)cs1. The second-order valence-corrected chi connectivity index (χ2v) is 7.31. The van der Waals surface area contributed by atoms with Crippen LogP contribution in [0.1, 0.15) is 13.3 Å². The molecule has 1 aromatic heterocycles. The number of nitrogens with zero attached hydrogens (tertiary/aromatic N) is 1. The number of rotatable bonds is 5. The van der Waals surface area contributed by atoms with Crippen LogP contribution in [-0.4, -0.2) is 23.5 Å². The smallest absolute Gasteiger partial charge is 0.309 e. The molecule has 2 atom stereocenters. The summed E-state index contributed by atoms with van der Waals surface area (Å²) in [5.74, 6) is -0.424. The Morgan fingerprint density at radius 3 is 2.79 bits per heavy atom. The predicted octanol–water partition coefficient (Wildman–Crippen LogP) is 4.25. The van der Waals surface area contributed by atoms with Crippen molar-refractivity contribution in [2.45, 2.75) is 13.3 Å². The first-order valence-corrected chi connectivity index (χ1v) is 8.95. The molecular weight excluding hydrogens is 371 g/mol. The fourth-order valence-corrected chi connectivity index (χ4v) is 3.20. The first kappa shape index (κ1) is 17.2. The quantitative estimate of drug-likeness (QED) is 0.782. The average molecular weight is 385 g/mol. The number of ether oxygens (including phenoxy) is 1. The number of thiazole rings is 1. The number of carbonyl (C=O) groups excluding carboxylic acids is 2. The van der Waals surface area contributed by atoms with Gasteiger partial charge in [-0.05, 0) is 24.5 Å². The van der Waals surface area contributed by atoms with Gasteiger partial charge >= 0.3 is 5.97 Å². The van der Waals surface area contributed by atoms with Crippen molar-refractivity contribution in [1.82, 2.24) is 4.98 Å². The van der Waals surface area contributed by atoms with Crippen molar-refractivity contribution in [2.24, 2.45) is 11.8 Å². The van der Waals surface area contributed by atoms with Crippen molar-refractivity contribution >= 4 is 51.5 Å². The topological polar surface area (TPSA) is 68.3 Å². The van der Waals surface area contributed by atoms with Crippen molar-refractivity contribution in [3.05, 3.63) is 33.6 Å². The lowest BCUT2D eigenvalue weighted by Crippen LogP contribution is -2.21. The van der Waals surface area contributed by atoms with Gasteiger partial charge in [-0.3, -0.25) is 14.9 Å². The van der Waals surface area contributed by atoms with Crippen LogP contribution in [-0.2, 0) is 14.3 Å². The number of hydrogen-bond donors (Lipinski definition) is 1. The summed E-state index contributed by atoms with van der Waals surface area (Å²) in [5, 5.41) is 5.75. The zero-order valence-corrected chi connectivity index (χ0v) is 15.0. The van der Waals surface area contributed by atoms with Gasteiger partial charge in [-0.15, -0.1) is 11.3 Å². The van der Waals surface area contributed by atoms with Gasteiger partial charge in [0.1, 0.15) is 0 Å². The maximum Gasteiger partial charge on any atom is 0.309 e. The average Bonchev–Trinajstić information content (AvgIpc) is 3.10. The minimum Gasteiger partial charge on any atom is -0.455 e. The van der Waals surface area contributed by atoms with Crippen LogP contribution < -0.4 is 5.32 Å². The van der Waals surface area contributed by atoms with Crippen molar-refractivity contribution in [3.8, 4) is 11.3 Å². The number of aromatic nitrogens is 1. The summed E-state index contributed by atoms with van der Waals surface area (Å²) in [6, 6.07) is 5.20. The van der Waals surface area contributed by atoms with Crippen molar-refractivity contribution in [3.63, 3.8) is 0 Å². The van der Waals surface area contributed by atoms with Gasteiger partial charge in [0.25, 0.3) is 5.91 Å². The molecule has 126 valence electrons. The Bertz CT molecular complexity index is 793. The number of benzene rings is 1. The molecule has 3 rings (SSSR count). The van der Waals surface area contributed by atoms with Gasteiger partial charge in [-0.2, -0.15) is 0 Å². The van der Waals surface area contributed by atoms with Crippen LogP contribution in [0.5, 0.6) is 0 Å². The number of halogens is 2. The highest BCUT2D eigenvalue weighted by atomic mass is 35.5. The Morgan fingerprint density at radius 2 is 2.12 bits per heavy atom. The molecule has 1 heterocycles. The van der Waals surface area contributed by atoms with Gasteiger partial charge in [0.2, 0.25) is 0 Å². The highest BCUT2D eigenvalue weighted by Gasteiger charge is 2.40. The Hall–Kier alpha value is -1.63. The van der Waals surface area contributed by atoms with Gasteiger partial charge in [0, 0.05) is 10.9 Å². The molecule has 0 radical (unpaired) electrons. The molecule has 24 heavy (non-hydrogen) atoms. The summed E-state index contributed by atoms with van der Waals surface area (Å²) in [6.07, 6.45) is 0.833. The van der Waals surface area contributed by atoms with Crippen molar-refractivity contribution in [1.29, 1.82) is 0 Å². The van der Waals surface area contributed by atoms with E-state index in [1.54, 1.807) is 23.6 Å². The second-order valence-electron chi connectivity index (χ2n) is 5.64. The van der Waals surface area contributed by atoms with Gasteiger partial charge in [-0.1, -0.05) is 36.2 Å². The van der Waals surface area contributed by atoms with E-state index in [0.29, 0.717) is 26.8 Å². The molecule has 1 aliphatic rings. The summed E-state index contributed by atoms with van der Waals surface area (Å²) < 4.78 is 4.98. The lowest BCUT2D eigenvalue weighted by atomic mass is 10.2. The van der Waals surface area contributed by atoms with Crippen LogP contribution >= 0.6 is 34.5 Å². The van der Waals surface area contributed by atoms with E-state index in [9.17, 15) is 9.59 Å². The second kappa shape index (κ2) is 7.09. The number of anilines is 1. The molecule has 0 unspecified atom stereocenters. The maximum atomic E-state index is 11.8. The standard InChI is InChI=1S/C16H14Cl2N2O3S/c1-8-4-10(8)15(22)23-6-14(21)20-16-19-13(7-24-16)9-2-3-11(17)12(18)5-9/h2-3,5,7-8,10H,4,6H2,1H3,(H,19,20,21)/t8-,10-/m0/s1. The van der Waals surface area contributed by atoms with E-state index in [4.69, 9.17) is 27.9 Å². The molecule has 0 saturated heterocycles. The van der Waals surface area contributed by atoms with Crippen LogP contribution in [0.4, 0.5) is 5.13 Å². The molecule has 1 fully saturated rings. The van der Waals surface area contributed by atoms with Crippen molar-refractivity contribution < 1.29 is 14.3 Å². The fraction of sp³-hybridized carbons (Fsp3) is 0.312. The third-order valence-electron chi connectivity index (χ3n) is 3.72. The Morgan fingerprint density at radius 1 is 1.38 bits per heavy atom.